The lowest BCUT2D eigenvalue weighted by molar-refractivity contribution is 0.238. The lowest BCUT2D eigenvalue weighted by atomic mass is 10.1. The number of hydrogen-bond acceptors (Lipinski definition) is 5. The van der Waals surface area contributed by atoms with Crippen LogP contribution in [0.15, 0.2) is 64.8 Å². The van der Waals surface area contributed by atoms with Gasteiger partial charge >= 0.3 is 0 Å². The molecule has 0 atom stereocenters. The van der Waals surface area contributed by atoms with E-state index >= 15 is 0 Å². The third-order valence-electron chi connectivity index (χ3n) is 6.55. The fourth-order valence-corrected chi connectivity index (χ4v) is 5.70. The average molecular weight is 492 g/mol. The zero-order valence-corrected chi connectivity index (χ0v) is 21.6. The summed E-state index contributed by atoms with van der Waals surface area (Å²) in [6, 6.07) is 15.9. The summed E-state index contributed by atoms with van der Waals surface area (Å²) in [6.45, 7) is 12.4. The predicted molar refractivity (Wildman–Crippen MR) is 150 cm³/mol. The summed E-state index contributed by atoms with van der Waals surface area (Å²) >= 11 is 1.95. The second-order valence-corrected chi connectivity index (χ2v) is 10.2. The molecule has 1 aromatic heterocycles. The molecule has 0 saturated carbocycles. The summed E-state index contributed by atoms with van der Waals surface area (Å²) < 4.78 is 5.93. The van der Waals surface area contributed by atoms with Crippen molar-refractivity contribution in [3.05, 3.63) is 71.0 Å². The number of unbranched alkanes of at least 4 members (excludes halogenated alkanes) is 2. The first-order valence-electron chi connectivity index (χ1n) is 12.8. The molecule has 1 saturated heterocycles. The molecule has 0 spiro atoms. The van der Waals surface area contributed by atoms with Gasteiger partial charge in [-0.3, -0.25) is 9.69 Å². The van der Waals surface area contributed by atoms with Gasteiger partial charge in [-0.15, -0.1) is 11.8 Å². The van der Waals surface area contributed by atoms with Gasteiger partial charge in [-0.25, -0.2) is 0 Å². The molecule has 6 heteroatoms. The Morgan fingerprint density at radius 3 is 2.69 bits per heavy atom. The summed E-state index contributed by atoms with van der Waals surface area (Å²) in [6.07, 6.45) is 6.64. The van der Waals surface area contributed by atoms with Gasteiger partial charge in [0.15, 0.2) is 0 Å². The van der Waals surface area contributed by atoms with Gasteiger partial charge in [0, 0.05) is 54.5 Å². The molecular weight excluding hydrogens is 454 g/mol. The number of nitrogens with zero attached hydrogens (tertiary/aromatic N) is 2. The Bertz CT molecular complexity index is 1170. The molecule has 0 unspecified atom stereocenters. The number of aromatic nitrogens is 1. The van der Waals surface area contributed by atoms with E-state index in [-0.39, 0.29) is 5.56 Å². The first-order chi connectivity index (χ1) is 17.2. The van der Waals surface area contributed by atoms with Gasteiger partial charge in [0.25, 0.3) is 0 Å². The van der Waals surface area contributed by atoms with Crippen molar-refractivity contribution in [2.24, 2.45) is 0 Å². The minimum atomic E-state index is -0.0889. The number of hydrogen-bond donors (Lipinski definition) is 1. The van der Waals surface area contributed by atoms with Gasteiger partial charge in [0.2, 0.25) is 5.56 Å². The third-order valence-corrected chi connectivity index (χ3v) is 7.71. The zero-order chi connectivity index (χ0) is 24.5. The van der Waals surface area contributed by atoms with Crippen LogP contribution < -0.4 is 15.2 Å². The highest BCUT2D eigenvalue weighted by atomic mass is 32.2. The molecular formula is C29H37N3O2S. The van der Waals surface area contributed by atoms with E-state index in [0.717, 1.165) is 62.2 Å². The Hall–Kier alpha value is -2.70. The Morgan fingerprint density at radius 1 is 1.06 bits per heavy atom. The summed E-state index contributed by atoms with van der Waals surface area (Å²) in [7, 11) is 0. The Kier molecular flexibility index (Phi) is 9.32. The van der Waals surface area contributed by atoms with Crippen molar-refractivity contribution in [2.75, 3.05) is 50.0 Å². The van der Waals surface area contributed by atoms with Crippen LogP contribution in [0.1, 0.15) is 38.2 Å². The molecule has 5 nitrogen and oxygen atoms in total. The van der Waals surface area contributed by atoms with E-state index in [4.69, 9.17) is 4.74 Å². The molecule has 0 bridgehead atoms. The molecule has 1 aliphatic rings. The number of fused-ring (bicyclic) bond motifs is 1. The van der Waals surface area contributed by atoms with E-state index in [2.05, 4.69) is 46.5 Å². The van der Waals surface area contributed by atoms with Crippen molar-refractivity contribution in [3.8, 4) is 5.75 Å². The van der Waals surface area contributed by atoms with Crippen molar-refractivity contribution in [1.82, 2.24) is 9.88 Å². The maximum atomic E-state index is 11.5. The van der Waals surface area contributed by atoms with Crippen LogP contribution in [0.2, 0.25) is 0 Å². The van der Waals surface area contributed by atoms with Crippen LogP contribution >= 0.6 is 11.8 Å². The SMILES string of the molecule is C=Cc1c(SCCCC)cccc1N1CCN(CCCCOc2ccc3ccc(=O)[nH]c3c2)CC1. The van der Waals surface area contributed by atoms with E-state index in [1.165, 1.54) is 34.7 Å². The normalized spacial score (nSPS) is 14.4. The van der Waals surface area contributed by atoms with E-state index in [0.29, 0.717) is 6.61 Å². The van der Waals surface area contributed by atoms with Crippen LogP contribution in [0.25, 0.3) is 17.0 Å². The standard InChI is InChI=1S/C29H37N3O2S/c1-3-5-21-35-28-10-8-9-27(25(28)4-2)32-18-16-31(17-19-32)15-6-7-20-34-24-13-11-23-12-14-29(33)30-26(23)22-24/h4,8-14,22H,2-3,5-7,15-21H2,1H3,(H,30,33). The van der Waals surface area contributed by atoms with Gasteiger partial charge in [0.1, 0.15) is 5.75 Å². The highest BCUT2D eigenvalue weighted by molar-refractivity contribution is 7.99. The number of rotatable bonds is 12. The van der Waals surface area contributed by atoms with Gasteiger partial charge < -0.3 is 14.6 Å². The number of anilines is 1. The molecule has 1 fully saturated rings. The molecule has 4 rings (SSSR count). The highest BCUT2D eigenvalue weighted by Crippen LogP contribution is 2.33. The fraction of sp³-hybridized carbons (Fsp3) is 0.414. The largest absolute Gasteiger partial charge is 0.494 e. The van der Waals surface area contributed by atoms with Crippen LogP contribution in [0.3, 0.4) is 0 Å². The first kappa shape index (κ1) is 25.4. The summed E-state index contributed by atoms with van der Waals surface area (Å²) in [5, 5.41) is 1.01. The summed E-state index contributed by atoms with van der Waals surface area (Å²) in [5.74, 6) is 1.97. The quantitative estimate of drug-likeness (QED) is 0.247. The van der Waals surface area contributed by atoms with Crippen LogP contribution in [0.4, 0.5) is 5.69 Å². The number of benzene rings is 2. The highest BCUT2D eigenvalue weighted by Gasteiger charge is 2.19. The third kappa shape index (κ3) is 6.92. The summed E-state index contributed by atoms with van der Waals surface area (Å²) in [4.78, 5) is 20.8. The predicted octanol–water partition coefficient (Wildman–Crippen LogP) is 6.04. The summed E-state index contributed by atoms with van der Waals surface area (Å²) in [5.41, 5.74) is 3.34. The first-order valence-corrected chi connectivity index (χ1v) is 13.8. The minimum Gasteiger partial charge on any atom is -0.494 e. The van der Waals surface area contributed by atoms with E-state index < -0.39 is 0 Å². The molecule has 2 heterocycles. The van der Waals surface area contributed by atoms with Crippen LogP contribution in [-0.2, 0) is 0 Å². The number of aromatic amines is 1. The lowest BCUT2D eigenvalue weighted by Crippen LogP contribution is -2.46. The number of H-pyrrole nitrogens is 1. The number of ether oxygens (including phenoxy) is 1. The second-order valence-electron chi connectivity index (χ2n) is 9.05. The molecule has 35 heavy (non-hydrogen) atoms. The molecule has 0 radical (unpaired) electrons. The fourth-order valence-electron chi connectivity index (χ4n) is 4.52. The average Bonchev–Trinajstić information content (AvgIpc) is 2.88. The van der Waals surface area contributed by atoms with E-state index in [1.807, 2.05) is 42.1 Å². The molecule has 3 aromatic rings. The van der Waals surface area contributed by atoms with Crippen molar-refractivity contribution >= 4 is 34.4 Å². The number of thioether (sulfide) groups is 1. The van der Waals surface area contributed by atoms with Crippen LogP contribution in [-0.4, -0.2) is 55.0 Å². The monoisotopic (exact) mass is 491 g/mol. The van der Waals surface area contributed by atoms with Gasteiger partial charge in [0.05, 0.1) is 12.1 Å². The zero-order valence-electron chi connectivity index (χ0n) is 20.8. The molecule has 0 aliphatic carbocycles. The molecule has 0 amide bonds. The Balaban J connectivity index is 1.20. The lowest BCUT2D eigenvalue weighted by Gasteiger charge is -2.37. The Morgan fingerprint density at radius 2 is 1.89 bits per heavy atom. The molecule has 2 aromatic carbocycles. The minimum absolute atomic E-state index is 0.0889. The number of pyridine rings is 1. The van der Waals surface area contributed by atoms with Gasteiger partial charge in [-0.05, 0) is 67.3 Å². The number of piperazine rings is 1. The van der Waals surface area contributed by atoms with Crippen LogP contribution in [0.5, 0.6) is 5.75 Å². The van der Waals surface area contributed by atoms with Crippen molar-refractivity contribution < 1.29 is 4.74 Å². The maximum absolute atomic E-state index is 11.5. The van der Waals surface area contributed by atoms with Crippen molar-refractivity contribution in [1.29, 1.82) is 0 Å². The van der Waals surface area contributed by atoms with Crippen molar-refractivity contribution in [2.45, 2.75) is 37.5 Å². The van der Waals surface area contributed by atoms with Gasteiger partial charge in [-0.2, -0.15) is 0 Å². The Labute approximate surface area is 213 Å². The molecule has 1 N–H and O–H groups in total. The maximum Gasteiger partial charge on any atom is 0.248 e. The number of nitrogens with one attached hydrogen (secondary N) is 1. The molecule has 186 valence electrons. The van der Waals surface area contributed by atoms with Crippen molar-refractivity contribution in [3.63, 3.8) is 0 Å². The van der Waals surface area contributed by atoms with E-state index in [9.17, 15) is 4.79 Å². The van der Waals surface area contributed by atoms with Crippen LogP contribution in [0, 0.1) is 0 Å². The molecule has 1 aliphatic heterocycles. The second kappa shape index (κ2) is 12.8. The topological polar surface area (TPSA) is 48.6 Å². The smallest absolute Gasteiger partial charge is 0.248 e. The van der Waals surface area contributed by atoms with E-state index in [1.54, 1.807) is 6.07 Å². The van der Waals surface area contributed by atoms with Gasteiger partial charge in [-0.1, -0.05) is 32.1 Å².